The van der Waals surface area contributed by atoms with Gasteiger partial charge in [0.1, 0.15) is 42.7 Å². The van der Waals surface area contributed by atoms with Gasteiger partial charge in [0.25, 0.3) is 0 Å². The van der Waals surface area contributed by atoms with Crippen molar-refractivity contribution in [3.63, 3.8) is 0 Å². The van der Waals surface area contributed by atoms with Crippen LogP contribution in [0.3, 0.4) is 0 Å². The molecule has 0 aromatic heterocycles. The Kier molecular flexibility index (Phi) is 6.30. The topological polar surface area (TPSA) is 86.9 Å². The Labute approximate surface area is 213 Å². The quantitative estimate of drug-likeness (QED) is 0.134. The Balaban J connectivity index is 1.10. The van der Waals surface area contributed by atoms with Crippen LogP contribution in [-0.2, 0) is 9.47 Å². The molecule has 2 unspecified atom stereocenters. The number of hydrogen-bond acceptors (Lipinski definition) is 7. The van der Waals surface area contributed by atoms with E-state index in [1.54, 1.807) is 66.7 Å². The Hall–Kier alpha value is -4.20. The van der Waals surface area contributed by atoms with Gasteiger partial charge in [-0.1, -0.05) is 18.2 Å². The molecule has 186 valence electrons. The maximum absolute atomic E-state index is 13.0. The van der Waals surface area contributed by atoms with Crippen LogP contribution in [0.25, 0.3) is 10.8 Å². The molecule has 4 aromatic rings. The summed E-state index contributed by atoms with van der Waals surface area (Å²) in [6.07, 6.45) is 0.355. The third-order valence-electron chi connectivity index (χ3n) is 6.17. The molecule has 7 heteroatoms. The van der Waals surface area contributed by atoms with Crippen molar-refractivity contribution in [2.24, 2.45) is 0 Å². The lowest BCUT2D eigenvalue weighted by Gasteiger charge is -2.09. The zero-order chi connectivity index (χ0) is 25.2. The second-order valence-electron chi connectivity index (χ2n) is 9.02. The van der Waals surface area contributed by atoms with Crippen LogP contribution in [0.2, 0.25) is 0 Å². The average Bonchev–Trinajstić information content (AvgIpc) is 3.86. The number of hydrogen-bond donors (Lipinski definition) is 0. The summed E-state index contributed by atoms with van der Waals surface area (Å²) in [6.45, 7) is 2.50. The zero-order valence-electron chi connectivity index (χ0n) is 19.9. The maximum atomic E-state index is 13.0. The second-order valence-corrected chi connectivity index (χ2v) is 9.02. The number of benzene rings is 4. The zero-order valence-corrected chi connectivity index (χ0v) is 19.9. The van der Waals surface area contributed by atoms with E-state index in [9.17, 15) is 9.59 Å². The van der Waals surface area contributed by atoms with Gasteiger partial charge < -0.3 is 23.7 Å². The molecule has 7 nitrogen and oxygen atoms in total. The molecule has 2 atom stereocenters. The van der Waals surface area contributed by atoms with Gasteiger partial charge in [-0.25, -0.2) is 4.79 Å². The molecule has 0 aliphatic carbocycles. The summed E-state index contributed by atoms with van der Waals surface area (Å²) in [6, 6.07) is 24.7. The van der Waals surface area contributed by atoms with Gasteiger partial charge in [-0.2, -0.15) is 0 Å². The molecule has 2 aliphatic rings. The average molecular weight is 497 g/mol. The molecule has 2 aliphatic heterocycles. The Morgan fingerprint density at radius 1 is 0.622 bits per heavy atom. The van der Waals surface area contributed by atoms with E-state index in [-0.39, 0.29) is 18.0 Å². The molecule has 6 rings (SSSR count). The number of ketones is 1. The Bertz CT molecular complexity index is 1440. The van der Waals surface area contributed by atoms with Gasteiger partial charge in [0.2, 0.25) is 0 Å². The fourth-order valence-corrected chi connectivity index (χ4v) is 3.86. The van der Waals surface area contributed by atoms with E-state index in [4.69, 9.17) is 23.7 Å². The molecule has 2 fully saturated rings. The summed E-state index contributed by atoms with van der Waals surface area (Å²) < 4.78 is 27.1. The van der Waals surface area contributed by atoms with Crippen molar-refractivity contribution in [1.82, 2.24) is 0 Å². The highest BCUT2D eigenvalue weighted by atomic mass is 16.6. The van der Waals surface area contributed by atoms with Crippen molar-refractivity contribution in [1.29, 1.82) is 0 Å². The van der Waals surface area contributed by atoms with Crippen LogP contribution in [0.1, 0.15) is 26.3 Å². The number of carbonyl (C=O) groups is 2. The second kappa shape index (κ2) is 10.0. The molecular weight excluding hydrogens is 472 g/mol. The van der Waals surface area contributed by atoms with Gasteiger partial charge in [-0.3, -0.25) is 4.79 Å². The van der Waals surface area contributed by atoms with Crippen molar-refractivity contribution in [3.05, 3.63) is 102 Å². The summed E-state index contributed by atoms with van der Waals surface area (Å²) >= 11 is 0. The van der Waals surface area contributed by atoms with E-state index in [0.29, 0.717) is 47.2 Å². The first-order chi connectivity index (χ1) is 18.1. The molecule has 0 radical (unpaired) electrons. The molecule has 4 aromatic carbocycles. The fourth-order valence-electron chi connectivity index (χ4n) is 3.86. The highest BCUT2D eigenvalue weighted by Crippen LogP contribution is 2.25. The molecule has 0 N–H and O–H groups in total. The standard InChI is InChI=1S/C30H24O7/c31-29(19-3-8-24(9-4-19)33-15-27-17-35-27)23-2-1-22-14-26(12-7-21(22)13-23)37-30(32)20-5-10-25(11-6-20)34-16-28-18-36-28/h1-14,27-28H,15-18H2. The number of epoxide rings is 2. The monoisotopic (exact) mass is 496 g/mol. The molecule has 2 heterocycles. The van der Waals surface area contributed by atoms with Crippen LogP contribution in [0, 0.1) is 0 Å². The van der Waals surface area contributed by atoms with Crippen LogP contribution in [0.5, 0.6) is 17.2 Å². The first-order valence-corrected chi connectivity index (χ1v) is 12.1. The molecule has 0 bridgehead atoms. The first-order valence-electron chi connectivity index (χ1n) is 12.1. The molecule has 37 heavy (non-hydrogen) atoms. The van der Waals surface area contributed by atoms with Crippen LogP contribution in [-0.4, -0.2) is 50.4 Å². The van der Waals surface area contributed by atoms with Crippen molar-refractivity contribution < 1.29 is 33.3 Å². The van der Waals surface area contributed by atoms with Crippen molar-refractivity contribution in [2.45, 2.75) is 12.2 Å². The first kappa shape index (κ1) is 23.2. The smallest absolute Gasteiger partial charge is 0.343 e. The van der Waals surface area contributed by atoms with Crippen molar-refractivity contribution >= 4 is 22.5 Å². The van der Waals surface area contributed by atoms with Gasteiger partial charge in [-0.15, -0.1) is 0 Å². The van der Waals surface area contributed by atoms with E-state index >= 15 is 0 Å². The van der Waals surface area contributed by atoms with Gasteiger partial charge in [-0.05, 0) is 77.5 Å². The number of ether oxygens (including phenoxy) is 5. The highest BCUT2D eigenvalue weighted by Gasteiger charge is 2.23. The van der Waals surface area contributed by atoms with Gasteiger partial charge in [0, 0.05) is 11.1 Å². The van der Waals surface area contributed by atoms with E-state index in [0.717, 1.165) is 24.0 Å². The predicted molar refractivity (Wildman–Crippen MR) is 136 cm³/mol. The number of carbonyl (C=O) groups excluding carboxylic acids is 2. The number of rotatable bonds is 10. The third kappa shape index (κ3) is 5.80. The summed E-state index contributed by atoms with van der Waals surface area (Å²) in [7, 11) is 0. The Morgan fingerprint density at radius 3 is 1.70 bits per heavy atom. The largest absolute Gasteiger partial charge is 0.491 e. The minimum Gasteiger partial charge on any atom is -0.491 e. The third-order valence-corrected chi connectivity index (χ3v) is 6.17. The molecule has 0 saturated carbocycles. The number of esters is 1. The van der Waals surface area contributed by atoms with E-state index < -0.39 is 5.97 Å². The molecule has 0 amide bonds. The van der Waals surface area contributed by atoms with Crippen LogP contribution >= 0.6 is 0 Å². The minimum atomic E-state index is -0.458. The lowest BCUT2D eigenvalue weighted by atomic mass is 10.00. The van der Waals surface area contributed by atoms with Crippen molar-refractivity contribution in [3.8, 4) is 17.2 Å². The number of fused-ring (bicyclic) bond motifs is 1. The summed E-state index contributed by atoms with van der Waals surface area (Å²) in [5.74, 6) is 1.28. The van der Waals surface area contributed by atoms with Gasteiger partial charge in [0.05, 0.1) is 18.8 Å². The maximum Gasteiger partial charge on any atom is 0.343 e. The van der Waals surface area contributed by atoms with E-state index in [2.05, 4.69) is 0 Å². The Morgan fingerprint density at radius 2 is 1.11 bits per heavy atom. The van der Waals surface area contributed by atoms with E-state index in [1.165, 1.54) is 0 Å². The summed E-state index contributed by atoms with van der Waals surface area (Å²) in [5, 5.41) is 1.73. The van der Waals surface area contributed by atoms with Gasteiger partial charge in [0.15, 0.2) is 5.78 Å². The van der Waals surface area contributed by atoms with Crippen molar-refractivity contribution in [2.75, 3.05) is 26.4 Å². The van der Waals surface area contributed by atoms with Gasteiger partial charge >= 0.3 is 5.97 Å². The lowest BCUT2D eigenvalue weighted by molar-refractivity contribution is 0.0734. The normalized spacial score (nSPS) is 17.7. The SMILES string of the molecule is O=C(Oc1ccc2cc(C(=O)c3ccc(OCC4CO4)cc3)ccc2c1)c1ccc(OCC2CO2)cc1. The lowest BCUT2D eigenvalue weighted by Crippen LogP contribution is -2.09. The van der Waals surface area contributed by atoms with Crippen LogP contribution in [0.4, 0.5) is 0 Å². The molecule has 2 saturated heterocycles. The summed E-state index contributed by atoms with van der Waals surface area (Å²) in [5.41, 5.74) is 1.58. The van der Waals surface area contributed by atoms with E-state index in [1.807, 2.05) is 18.2 Å². The predicted octanol–water partition coefficient (Wildman–Crippen LogP) is 4.85. The summed E-state index contributed by atoms with van der Waals surface area (Å²) in [4.78, 5) is 25.6. The minimum absolute atomic E-state index is 0.0773. The molecule has 0 spiro atoms. The van der Waals surface area contributed by atoms with Crippen LogP contribution < -0.4 is 14.2 Å². The molecular formula is C30H24O7. The fraction of sp³-hybridized carbons (Fsp3) is 0.200. The highest BCUT2D eigenvalue weighted by molar-refractivity contribution is 6.10. The van der Waals surface area contributed by atoms with Crippen LogP contribution in [0.15, 0.2) is 84.9 Å².